The van der Waals surface area contributed by atoms with Crippen LogP contribution in [0.1, 0.15) is 69.4 Å². The van der Waals surface area contributed by atoms with Crippen LogP contribution >= 0.6 is 12.4 Å². The summed E-state index contributed by atoms with van der Waals surface area (Å²) in [5, 5.41) is 3.19. The molecule has 2 fully saturated rings. The maximum atomic E-state index is 12.6. The van der Waals surface area contributed by atoms with Crippen molar-refractivity contribution in [3.63, 3.8) is 0 Å². The van der Waals surface area contributed by atoms with Gasteiger partial charge in [0.1, 0.15) is 0 Å². The Morgan fingerprint density at radius 3 is 2.33 bits per heavy atom. The van der Waals surface area contributed by atoms with Crippen molar-refractivity contribution < 1.29 is 9.53 Å². The van der Waals surface area contributed by atoms with E-state index in [2.05, 4.69) is 43.4 Å². The van der Waals surface area contributed by atoms with Crippen LogP contribution in [0.15, 0.2) is 24.3 Å². The SMILES string of the molecule is CC(C)c1ccc(C2(CNC(=O)C(N)C3CCOCC3)CCCC2)cc1.Cl. The summed E-state index contributed by atoms with van der Waals surface area (Å²) in [5.41, 5.74) is 9.04. The lowest BCUT2D eigenvalue weighted by molar-refractivity contribution is -0.124. The van der Waals surface area contributed by atoms with Gasteiger partial charge in [0.05, 0.1) is 6.04 Å². The molecule has 2 aliphatic rings. The normalized spacial score (nSPS) is 20.9. The van der Waals surface area contributed by atoms with Gasteiger partial charge in [-0.05, 0) is 48.6 Å². The highest BCUT2D eigenvalue weighted by molar-refractivity contribution is 5.85. The first-order chi connectivity index (χ1) is 12.5. The highest BCUT2D eigenvalue weighted by atomic mass is 35.5. The summed E-state index contributed by atoms with van der Waals surface area (Å²) in [4.78, 5) is 12.6. The van der Waals surface area contributed by atoms with Crippen LogP contribution in [0.25, 0.3) is 0 Å². The van der Waals surface area contributed by atoms with Gasteiger partial charge in [-0.2, -0.15) is 0 Å². The molecule has 0 radical (unpaired) electrons. The molecule has 1 aliphatic carbocycles. The molecular formula is C22H35ClN2O2. The lowest BCUT2D eigenvalue weighted by atomic mass is 9.78. The van der Waals surface area contributed by atoms with Gasteiger partial charge >= 0.3 is 0 Å². The van der Waals surface area contributed by atoms with E-state index in [-0.39, 0.29) is 29.6 Å². The van der Waals surface area contributed by atoms with Crippen LogP contribution in [0.4, 0.5) is 0 Å². The maximum Gasteiger partial charge on any atom is 0.237 e. The van der Waals surface area contributed by atoms with Crippen LogP contribution < -0.4 is 11.1 Å². The van der Waals surface area contributed by atoms with Crippen molar-refractivity contribution in [1.82, 2.24) is 5.32 Å². The maximum absolute atomic E-state index is 12.6. The van der Waals surface area contributed by atoms with E-state index in [1.807, 2.05) is 0 Å². The largest absolute Gasteiger partial charge is 0.381 e. The number of nitrogens with two attached hydrogens (primary N) is 1. The highest BCUT2D eigenvalue weighted by Gasteiger charge is 2.37. The van der Waals surface area contributed by atoms with E-state index in [0.717, 1.165) is 38.9 Å². The summed E-state index contributed by atoms with van der Waals surface area (Å²) in [6, 6.07) is 8.61. The Labute approximate surface area is 170 Å². The minimum absolute atomic E-state index is 0. The summed E-state index contributed by atoms with van der Waals surface area (Å²) in [5.74, 6) is 0.788. The quantitative estimate of drug-likeness (QED) is 0.768. The average molecular weight is 395 g/mol. The van der Waals surface area contributed by atoms with Crippen LogP contribution in [-0.2, 0) is 14.9 Å². The number of carbonyl (C=O) groups excluding carboxylic acids is 1. The molecule has 1 aromatic carbocycles. The van der Waals surface area contributed by atoms with Crippen molar-refractivity contribution in [3.05, 3.63) is 35.4 Å². The van der Waals surface area contributed by atoms with Crippen molar-refractivity contribution in [2.75, 3.05) is 19.8 Å². The predicted octanol–water partition coefficient (Wildman–Crippen LogP) is 3.91. The van der Waals surface area contributed by atoms with Gasteiger partial charge in [0.2, 0.25) is 5.91 Å². The second-order valence-corrected chi connectivity index (χ2v) is 8.46. The van der Waals surface area contributed by atoms with Crippen molar-refractivity contribution >= 4 is 18.3 Å². The fraction of sp³-hybridized carbons (Fsp3) is 0.682. The third-order valence-corrected chi connectivity index (χ3v) is 6.43. The minimum Gasteiger partial charge on any atom is -0.381 e. The third-order valence-electron chi connectivity index (χ3n) is 6.43. The summed E-state index contributed by atoms with van der Waals surface area (Å²) >= 11 is 0. The summed E-state index contributed by atoms with van der Waals surface area (Å²) in [7, 11) is 0. The summed E-state index contributed by atoms with van der Waals surface area (Å²) in [6.45, 7) is 6.58. The number of hydrogen-bond acceptors (Lipinski definition) is 3. The molecule has 1 unspecified atom stereocenters. The van der Waals surface area contributed by atoms with Gasteiger partial charge in [0, 0.05) is 25.2 Å². The van der Waals surface area contributed by atoms with Crippen molar-refractivity contribution in [1.29, 1.82) is 0 Å². The van der Waals surface area contributed by atoms with Gasteiger partial charge in [0.15, 0.2) is 0 Å². The Morgan fingerprint density at radius 2 is 1.78 bits per heavy atom. The van der Waals surface area contributed by atoms with E-state index < -0.39 is 6.04 Å². The summed E-state index contributed by atoms with van der Waals surface area (Å²) < 4.78 is 5.38. The Kier molecular flexibility index (Phi) is 8.14. The van der Waals surface area contributed by atoms with Crippen LogP contribution in [0.3, 0.4) is 0 Å². The smallest absolute Gasteiger partial charge is 0.237 e. The molecular weight excluding hydrogens is 360 g/mol. The number of amides is 1. The first kappa shape index (κ1) is 22.2. The van der Waals surface area contributed by atoms with Gasteiger partial charge in [-0.15, -0.1) is 12.4 Å². The Morgan fingerprint density at radius 1 is 1.19 bits per heavy atom. The molecule has 27 heavy (non-hydrogen) atoms. The molecule has 152 valence electrons. The number of ether oxygens (including phenoxy) is 1. The van der Waals surface area contributed by atoms with Crippen LogP contribution in [0.2, 0.25) is 0 Å². The van der Waals surface area contributed by atoms with Crippen molar-refractivity contribution in [2.45, 2.75) is 69.7 Å². The van der Waals surface area contributed by atoms with Gasteiger partial charge in [0.25, 0.3) is 0 Å². The molecule has 3 N–H and O–H groups in total. The molecule has 1 saturated heterocycles. The molecule has 5 heteroatoms. The molecule has 0 aromatic heterocycles. The molecule has 1 heterocycles. The van der Waals surface area contributed by atoms with E-state index in [0.29, 0.717) is 12.5 Å². The molecule has 1 atom stereocenters. The number of hydrogen-bond donors (Lipinski definition) is 2. The second-order valence-electron chi connectivity index (χ2n) is 8.46. The molecule has 1 saturated carbocycles. The molecule has 4 nitrogen and oxygen atoms in total. The van der Waals surface area contributed by atoms with E-state index >= 15 is 0 Å². The Bertz CT molecular complexity index is 591. The third kappa shape index (κ3) is 5.24. The molecule has 3 rings (SSSR count). The van der Waals surface area contributed by atoms with Crippen molar-refractivity contribution in [3.8, 4) is 0 Å². The van der Waals surface area contributed by atoms with Crippen LogP contribution in [-0.4, -0.2) is 31.7 Å². The highest BCUT2D eigenvalue weighted by Crippen LogP contribution is 2.41. The van der Waals surface area contributed by atoms with E-state index in [9.17, 15) is 4.79 Å². The van der Waals surface area contributed by atoms with E-state index in [1.54, 1.807) is 0 Å². The number of nitrogens with one attached hydrogen (secondary N) is 1. The first-order valence-corrected chi connectivity index (χ1v) is 10.2. The number of benzene rings is 1. The molecule has 0 spiro atoms. The average Bonchev–Trinajstić information content (AvgIpc) is 3.16. The zero-order chi connectivity index (χ0) is 18.6. The van der Waals surface area contributed by atoms with Crippen LogP contribution in [0.5, 0.6) is 0 Å². The zero-order valence-corrected chi connectivity index (χ0v) is 17.5. The molecule has 1 aliphatic heterocycles. The van der Waals surface area contributed by atoms with Crippen molar-refractivity contribution in [2.24, 2.45) is 11.7 Å². The molecule has 1 aromatic rings. The zero-order valence-electron chi connectivity index (χ0n) is 16.7. The van der Waals surface area contributed by atoms with Gasteiger partial charge in [-0.3, -0.25) is 4.79 Å². The van der Waals surface area contributed by atoms with Gasteiger partial charge in [-0.1, -0.05) is 51.0 Å². The fourth-order valence-electron chi connectivity index (χ4n) is 4.50. The fourth-order valence-corrected chi connectivity index (χ4v) is 4.50. The van der Waals surface area contributed by atoms with Gasteiger partial charge < -0.3 is 15.8 Å². The number of carbonyl (C=O) groups is 1. The molecule has 1 amide bonds. The predicted molar refractivity (Wildman–Crippen MR) is 112 cm³/mol. The lowest BCUT2D eigenvalue weighted by Crippen LogP contribution is -2.50. The first-order valence-electron chi connectivity index (χ1n) is 10.2. The number of halogens is 1. The summed E-state index contributed by atoms with van der Waals surface area (Å²) in [6.07, 6.45) is 6.51. The van der Waals surface area contributed by atoms with E-state index in [1.165, 1.54) is 24.0 Å². The van der Waals surface area contributed by atoms with Crippen LogP contribution in [0, 0.1) is 5.92 Å². The topological polar surface area (TPSA) is 64.4 Å². The number of rotatable bonds is 6. The standard InChI is InChI=1S/C22H34N2O2.ClH/c1-16(2)17-5-7-19(8-6-17)22(11-3-4-12-22)15-24-21(25)20(23)18-9-13-26-14-10-18;/h5-8,16,18,20H,3-4,9-15,23H2,1-2H3,(H,24,25);1H. The molecule has 0 bridgehead atoms. The van der Waals surface area contributed by atoms with Gasteiger partial charge in [-0.25, -0.2) is 0 Å². The van der Waals surface area contributed by atoms with E-state index in [4.69, 9.17) is 10.5 Å². The monoisotopic (exact) mass is 394 g/mol. The second kappa shape index (κ2) is 9.90. The Balaban J connectivity index is 0.00000261. The Hall–Kier alpha value is -1.10. The minimum atomic E-state index is -0.416. The lowest BCUT2D eigenvalue weighted by Gasteiger charge is -2.32.